The standard InChI is InChI=1S/C14H19N3O3/c1-4-20-14(18)13-12(7-10(2)3)17(16-15-13)8-11-5-6-19-9-11/h5-6,9-10H,4,7-8H2,1-3H3. The van der Waals surface area contributed by atoms with E-state index in [1.165, 1.54) is 0 Å². The van der Waals surface area contributed by atoms with Crippen molar-refractivity contribution in [3.05, 3.63) is 35.5 Å². The van der Waals surface area contributed by atoms with Crippen molar-refractivity contribution in [1.82, 2.24) is 15.0 Å². The summed E-state index contributed by atoms with van der Waals surface area (Å²) in [6.07, 6.45) is 3.99. The zero-order chi connectivity index (χ0) is 14.5. The largest absolute Gasteiger partial charge is 0.472 e. The van der Waals surface area contributed by atoms with Crippen LogP contribution in [0.2, 0.25) is 0 Å². The summed E-state index contributed by atoms with van der Waals surface area (Å²) in [5, 5.41) is 8.05. The molecule has 0 bridgehead atoms. The van der Waals surface area contributed by atoms with Gasteiger partial charge in [-0.15, -0.1) is 5.10 Å². The first-order chi connectivity index (χ1) is 9.61. The van der Waals surface area contributed by atoms with Gasteiger partial charge in [0.1, 0.15) is 0 Å². The Morgan fingerprint density at radius 3 is 2.90 bits per heavy atom. The summed E-state index contributed by atoms with van der Waals surface area (Å²) < 4.78 is 11.8. The van der Waals surface area contributed by atoms with Crippen LogP contribution in [0.25, 0.3) is 0 Å². The van der Waals surface area contributed by atoms with Crippen molar-refractivity contribution in [3.63, 3.8) is 0 Å². The highest BCUT2D eigenvalue weighted by atomic mass is 16.5. The van der Waals surface area contributed by atoms with E-state index in [9.17, 15) is 4.79 Å². The summed E-state index contributed by atoms with van der Waals surface area (Å²) in [5.41, 5.74) is 2.10. The molecule has 0 aliphatic carbocycles. The summed E-state index contributed by atoms with van der Waals surface area (Å²) in [4.78, 5) is 11.9. The molecule has 0 N–H and O–H groups in total. The summed E-state index contributed by atoms with van der Waals surface area (Å²) in [5.74, 6) is -0.0219. The Hall–Kier alpha value is -2.11. The molecule has 0 aromatic carbocycles. The molecule has 0 spiro atoms. The molecule has 0 amide bonds. The molecule has 0 unspecified atom stereocenters. The van der Waals surface area contributed by atoms with Crippen LogP contribution in [0.3, 0.4) is 0 Å². The smallest absolute Gasteiger partial charge is 0.360 e. The molecule has 0 saturated heterocycles. The number of rotatable bonds is 6. The number of carbonyl (C=O) groups excluding carboxylic acids is 1. The van der Waals surface area contributed by atoms with Gasteiger partial charge in [-0.2, -0.15) is 0 Å². The minimum absolute atomic E-state index is 0.309. The average molecular weight is 277 g/mol. The van der Waals surface area contributed by atoms with E-state index in [1.807, 2.05) is 6.07 Å². The fourth-order valence-corrected chi connectivity index (χ4v) is 1.96. The third-order valence-electron chi connectivity index (χ3n) is 2.82. The molecule has 2 aromatic rings. The maximum Gasteiger partial charge on any atom is 0.360 e. The zero-order valence-corrected chi connectivity index (χ0v) is 12.0. The van der Waals surface area contributed by atoms with Gasteiger partial charge in [-0.05, 0) is 25.3 Å². The number of furan rings is 1. The Morgan fingerprint density at radius 2 is 2.30 bits per heavy atom. The van der Waals surface area contributed by atoms with Gasteiger partial charge in [0.25, 0.3) is 0 Å². The van der Waals surface area contributed by atoms with E-state index >= 15 is 0 Å². The van der Waals surface area contributed by atoms with Gasteiger partial charge in [0.05, 0.1) is 31.4 Å². The third-order valence-corrected chi connectivity index (χ3v) is 2.82. The van der Waals surface area contributed by atoms with Gasteiger partial charge in [-0.3, -0.25) is 0 Å². The topological polar surface area (TPSA) is 70.2 Å². The van der Waals surface area contributed by atoms with Gasteiger partial charge in [0.2, 0.25) is 0 Å². The second kappa shape index (κ2) is 6.36. The fraction of sp³-hybridized carbons (Fsp3) is 0.500. The lowest BCUT2D eigenvalue weighted by atomic mass is 10.1. The van der Waals surface area contributed by atoms with Crippen LogP contribution >= 0.6 is 0 Å². The van der Waals surface area contributed by atoms with Crippen LogP contribution < -0.4 is 0 Å². The summed E-state index contributed by atoms with van der Waals surface area (Å²) >= 11 is 0. The molecular formula is C14H19N3O3. The Labute approximate surface area is 117 Å². The fourth-order valence-electron chi connectivity index (χ4n) is 1.96. The van der Waals surface area contributed by atoms with E-state index in [4.69, 9.17) is 9.15 Å². The second-order valence-corrected chi connectivity index (χ2v) is 4.99. The molecule has 108 valence electrons. The van der Waals surface area contributed by atoms with Gasteiger partial charge in [-0.25, -0.2) is 9.48 Å². The monoisotopic (exact) mass is 277 g/mol. The van der Waals surface area contributed by atoms with E-state index < -0.39 is 5.97 Å². The number of nitrogens with zero attached hydrogens (tertiary/aromatic N) is 3. The molecule has 0 fully saturated rings. The lowest BCUT2D eigenvalue weighted by Crippen LogP contribution is -2.13. The van der Waals surface area contributed by atoms with Crippen molar-refractivity contribution < 1.29 is 13.9 Å². The quantitative estimate of drug-likeness (QED) is 0.758. The van der Waals surface area contributed by atoms with Crippen LogP contribution in [-0.2, 0) is 17.7 Å². The molecule has 2 aromatic heterocycles. The number of carbonyl (C=O) groups is 1. The lowest BCUT2D eigenvalue weighted by molar-refractivity contribution is 0.0517. The molecule has 0 aliphatic heterocycles. The first-order valence-corrected chi connectivity index (χ1v) is 6.72. The first-order valence-electron chi connectivity index (χ1n) is 6.72. The predicted octanol–water partition coefficient (Wildman–Crippen LogP) is 2.29. The van der Waals surface area contributed by atoms with Crippen LogP contribution in [0.15, 0.2) is 23.0 Å². The highest BCUT2D eigenvalue weighted by Crippen LogP contribution is 2.15. The number of hydrogen-bond acceptors (Lipinski definition) is 5. The molecule has 6 nitrogen and oxygen atoms in total. The normalized spacial score (nSPS) is 11.0. The maximum absolute atomic E-state index is 11.9. The number of esters is 1. The van der Waals surface area contributed by atoms with Gasteiger partial charge in [-0.1, -0.05) is 19.1 Å². The van der Waals surface area contributed by atoms with Crippen LogP contribution in [0.1, 0.15) is 42.5 Å². The molecule has 6 heteroatoms. The summed E-state index contributed by atoms with van der Waals surface area (Å²) in [6.45, 7) is 6.81. The summed E-state index contributed by atoms with van der Waals surface area (Å²) in [6, 6.07) is 1.87. The van der Waals surface area contributed by atoms with E-state index in [0.29, 0.717) is 24.8 Å². The molecule has 20 heavy (non-hydrogen) atoms. The molecule has 2 heterocycles. The van der Waals surface area contributed by atoms with Gasteiger partial charge >= 0.3 is 5.97 Å². The van der Waals surface area contributed by atoms with Crippen LogP contribution in [0.5, 0.6) is 0 Å². The molecular weight excluding hydrogens is 258 g/mol. The molecule has 0 radical (unpaired) electrons. The third kappa shape index (κ3) is 3.26. The van der Waals surface area contributed by atoms with E-state index in [1.54, 1.807) is 24.1 Å². The zero-order valence-electron chi connectivity index (χ0n) is 12.0. The van der Waals surface area contributed by atoms with Crippen molar-refractivity contribution in [2.24, 2.45) is 5.92 Å². The Kier molecular flexibility index (Phi) is 4.55. The van der Waals surface area contributed by atoms with Crippen molar-refractivity contribution in [2.75, 3.05) is 6.61 Å². The van der Waals surface area contributed by atoms with E-state index in [2.05, 4.69) is 24.2 Å². The van der Waals surface area contributed by atoms with Gasteiger partial charge in [0.15, 0.2) is 5.69 Å². The maximum atomic E-state index is 11.9. The van der Waals surface area contributed by atoms with Crippen molar-refractivity contribution in [1.29, 1.82) is 0 Å². The van der Waals surface area contributed by atoms with Crippen molar-refractivity contribution >= 4 is 5.97 Å². The highest BCUT2D eigenvalue weighted by molar-refractivity contribution is 5.88. The van der Waals surface area contributed by atoms with E-state index in [0.717, 1.165) is 17.7 Å². The van der Waals surface area contributed by atoms with E-state index in [-0.39, 0.29) is 0 Å². The molecule has 2 rings (SSSR count). The minimum Gasteiger partial charge on any atom is -0.472 e. The van der Waals surface area contributed by atoms with Crippen molar-refractivity contribution in [2.45, 2.75) is 33.7 Å². The average Bonchev–Trinajstić information content (AvgIpc) is 3.01. The molecule has 0 atom stereocenters. The summed E-state index contributed by atoms with van der Waals surface area (Å²) in [7, 11) is 0. The Balaban J connectivity index is 2.29. The van der Waals surface area contributed by atoms with Crippen LogP contribution in [0, 0.1) is 5.92 Å². The molecule has 0 saturated carbocycles. The number of hydrogen-bond donors (Lipinski definition) is 0. The van der Waals surface area contributed by atoms with Gasteiger partial charge in [0, 0.05) is 5.56 Å². The van der Waals surface area contributed by atoms with Crippen LogP contribution in [-0.4, -0.2) is 27.6 Å². The Morgan fingerprint density at radius 1 is 1.50 bits per heavy atom. The number of ether oxygens (including phenoxy) is 1. The van der Waals surface area contributed by atoms with Gasteiger partial charge < -0.3 is 9.15 Å². The highest BCUT2D eigenvalue weighted by Gasteiger charge is 2.21. The number of aromatic nitrogens is 3. The second-order valence-electron chi connectivity index (χ2n) is 4.99. The predicted molar refractivity (Wildman–Crippen MR) is 72.3 cm³/mol. The van der Waals surface area contributed by atoms with Crippen LogP contribution in [0.4, 0.5) is 0 Å². The Bertz CT molecular complexity index is 558. The lowest BCUT2D eigenvalue weighted by Gasteiger charge is -2.09. The first kappa shape index (κ1) is 14.3. The minimum atomic E-state index is -0.415. The SMILES string of the molecule is CCOC(=O)c1nnn(Cc2ccoc2)c1CC(C)C. The van der Waals surface area contributed by atoms with Crippen molar-refractivity contribution in [3.8, 4) is 0 Å². The molecule has 0 aliphatic rings.